The Hall–Kier alpha value is -3.96. The number of carbonyl (C=O) groups is 1. The van der Waals surface area contributed by atoms with Crippen LogP contribution in [-0.4, -0.2) is 37.1 Å². The largest absolute Gasteiger partial charge is 0.487 e. The highest BCUT2D eigenvalue weighted by Crippen LogP contribution is 2.41. The second kappa shape index (κ2) is 10.3. The first-order valence-corrected chi connectivity index (χ1v) is 11.7. The molecule has 12 heteroatoms. The van der Waals surface area contributed by atoms with E-state index >= 15 is 0 Å². The molecule has 1 unspecified atom stereocenters. The SMILES string of the molecule is O=C(O)C(Cc1ccccc1OCc1cnccn1)Oc1ncnc2oc(-c3ccc(Cl)o3)c(Br)c12. The Kier molecular flexibility index (Phi) is 6.83. The van der Waals surface area contributed by atoms with Crippen molar-refractivity contribution in [2.45, 2.75) is 19.1 Å². The Balaban J connectivity index is 1.41. The Morgan fingerprint density at radius 2 is 1.97 bits per heavy atom. The molecule has 0 saturated carbocycles. The standard InChI is InChI=1S/C24H16BrClN4O6/c25-20-19-22(29-12-30-23(19)36-21(20)16-5-6-18(26)34-16)35-17(24(31)32)9-13-3-1-2-4-15(13)33-11-14-10-27-7-8-28-14/h1-8,10,12,17H,9,11H2,(H,31,32). The van der Waals surface area contributed by atoms with Gasteiger partial charge in [-0.25, -0.2) is 14.8 Å². The van der Waals surface area contributed by atoms with Crippen LogP contribution < -0.4 is 9.47 Å². The van der Waals surface area contributed by atoms with E-state index in [4.69, 9.17) is 29.9 Å². The molecule has 0 aliphatic rings. The van der Waals surface area contributed by atoms with Gasteiger partial charge in [-0.1, -0.05) is 18.2 Å². The molecular formula is C24H16BrClN4O6. The molecule has 0 aliphatic heterocycles. The summed E-state index contributed by atoms with van der Waals surface area (Å²) in [7, 11) is 0. The van der Waals surface area contributed by atoms with Crippen molar-refractivity contribution in [1.82, 2.24) is 19.9 Å². The highest BCUT2D eigenvalue weighted by atomic mass is 79.9. The fraction of sp³-hybridized carbons (Fsp3) is 0.125. The van der Waals surface area contributed by atoms with Gasteiger partial charge < -0.3 is 23.4 Å². The lowest BCUT2D eigenvalue weighted by atomic mass is 10.1. The molecule has 36 heavy (non-hydrogen) atoms. The van der Waals surface area contributed by atoms with Crippen molar-refractivity contribution in [3.63, 3.8) is 0 Å². The number of para-hydroxylation sites is 1. The van der Waals surface area contributed by atoms with Gasteiger partial charge in [0, 0.05) is 18.8 Å². The van der Waals surface area contributed by atoms with Gasteiger partial charge in [0.15, 0.2) is 16.7 Å². The van der Waals surface area contributed by atoms with Gasteiger partial charge >= 0.3 is 5.97 Å². The molecular weight excluding hydrogens is 556 g/mol. The summed E-state index contributed by atoms with van der Waals surface area (Å²) in [5.41, 5.74) is 1.46. The smallest absolute Gasteiger partial charge is 0.345 e. The predicted octanol–water partition coefficient (Wildman–Crippen LogP) is 5.34. The van der Waals surface area contributed by atoms with Crippen LogP contribution in [-0.2, 0) is 17.8 Å². The van der Waals surface area contributed by atoms with Crippen molar-refractivity contribution in [1.29, 1.82) is 0 Å². The van der Waals surface area contributed by atoms with Crippen LogP contribution in [0.3, 0.4) is 0 Å². The molecule has 0 spiro atoms. The minimum absolute atomic E-state index is 0.00753. The summed E-state index contributed by atoms with van der Waals surface area (Å²) >= 11 is 9.35. The van der Waals surface area contributed by atoms with Crippen LogP contribution in [0.2, 0.25) is 5.22 Å². The number of aromatic nitrogens is 4. The predicted molar refractivity (Wildman–Crippen MR) is 131 cm³/mol. The number of aliphatic carboxylic acids is 1. The van der Waals surface area contributed by atoms with Crippen molar-refractivity contribution < 1.29 is 28.2 Å². The first-order valence-electron chi connectivity index (χ1n) is 10.5. The van der Waals surface area contributed by atoms with Gasteiger partial charge in [-0.2, -0.15) is 0 Å². The second-order valence-electron chi connectivity index (χ2n) is 7.45. The van der Waals surface area contributed by atoms with E-state index < -0.39 is 12.1 Å². The Bertz CT molecular complexity index is 1520. The number of fused-ring (bicyclic) bond motifs is 1. The maximum absolute atomic E-state index is 12.2. The van der Waals surface area contributed by atoms with E-state index in [1.807, 2.05) is 0 Å². The van der Waals surface area contributed by atoms with Crippen LogP contribution >= 0.6 is 27.5 Å². The Morgan fingerprint density at radius 1 is 1.11 bits per heavy atom. The molecule has 5 aromatic rings. The van der Waals surface area contributed by atoms with Crippen molar-refractivity contribution in [3.05, 3.63) is 82.3 Å². The van der Waals surface area contributed by atoms with Crippen molar-refractivity contribution in [3.8, 4) is 23.1 Å². The number of halogens is 2. The molecule has 1 aromatic carbocycles. The molecule has 0 bridgehead atoms. The van der Waals surface area contributed by atoms with Gasteiger partial charge in [0.1, 0.15) is 24.1 Å². The minimum Gasteiger partial charge on any atom is -0.487 e. The van der Waals surface area contributed by atoms with Crippen LogP contribution in [0.25, 0.3) is 22.6 Å². The summed E-state index contributed by atoms with van der Waals surface area (Å²) < 4.78 is 23.4. The van der Waals surface area contributed by atoms with Crippen LogP contribution in [0, 0.1) is 0 Å². The molecule has 4 heterocycles. The number of ether oxygens (including phenoxy) is 2. The second-order valence-corrected chi connectivity index (χ2v) is 8.62. The molecule has 4 aromatic heterocycles. The quantitative estimate of drug-likeness (QED) is 0.247. The number of benzene rings is 1. The van der Waals surface area contributed by atoms with Crippen molar-refractivity contribution >= 4 is 44.6 Å². The lowest BCUT2D eigenvalue weighted by Crippen LogP contribution is -2.30. The van der Waals surface area contributed by atoms with E-state index in [9.17, 15) is 9.90 Å². The lowest BCUT2D eigenvalue weighted by Gasteiger charge is -2.17. The topological polar surface area (TPSA) is 134 Å². The van der Waals surface area contributed by atoms with Gasteiger partial charge in [-0.3, -0.25) is 9.97 Å². The Labute approximate surface area is 217 Å². The summed E-state index contributed by atoms with van der Waals surface area (Å²) in [4.78, 5) is 28.6. The summed E-state index contributed by atoms with van der Waals surface area (Å²) in [6.45, 7) is 0.178. The first kappa shape index (κ1) is 23.8. The molecule has 5 rings (SSSR count). The maximum atomic E-state index is 12.2. The fourth-order valence-corrected chi connectivity index (χ4v) is 4.20. The number of hydrogen-bond acceptors (Lipinski definition) is 9. The number of rotatable bonds is 9. The normalized spacial score (nSPS) is 11.9. The molecule has 0 amide bonds. The molecule has 1 N–H and O–H groups in total. The van der Waals surface area contributed by atoms with Crippen LogP contribution in [0.5, 0.6) is 11.6 Å². The maximum Gasteiger partial charge on any atom is 0.345 e. The zero-order chi connectivity index (χ0) is 25.1. The van der Waals surface area contributed by atoms with E-state index in [1.165, 1.54) is 6.33 Å². The van der Waals surface area contributed by atoms with E-state index in [0.29, 0.717) is 38.4 Å². The summed E-state index contributed by atoms with van der Waals surface area (Å²) in [6.07, 6.45) is 4.69. The molecule has 182 valence electrons. The van der Waals surface area contributed by atoms with Gasteiger partial charge in [0.25, 0.3) is 0 Å². The van der Waals surface area contributed by atoms with E-state index in [1.54, 1.807) is 55.0 Å². The molecule has 0 aliphatic carbocycles. The molecule has 1 atom stereocenters. The van der Waals surface area contributed by atoms with E-state index in [2.05, 4.69) is 35.9 Å². The fourth-order valence-electron chi connectivity index (χ4n) is 3.44. The van der Waals surface area contributed by atoms with Crippen LogP contribution in [0.15, 0.2) is 74.6 Å². The molecule has 0 radical (unpaired) electrons. The summed E-state index contributed by atoms with van der Waals surface area (Å²) in [6, 6.07) is 10.3. The Morgan fingerprint density at radius 3 is 2.72 bits per heavy atom. The zero-order valence-electron chi connectivity index (χ0n) is 18.3. The zero-order valence-corrected chi connectivity index (χ0v) is 20.6. The van der Waals surface area contributed by atoms with E-state index in [0.717, 1.165) is 0 Å². The lowest BCUT2D eigenvalue weighted by molar-refractivity contribution is -0.145. The van der Waals surface area contributed by atoms with Gasteiger partial charge in [0.05, 0.1) is 16.4 Å². The van der Waals surface area contributed by atoms with Gasteiger partial charge in [-0.05, 0) is 51.3 Å². The molecule has 0 fully saturated rings. The van der Waals surface area contributed by atoms with Crippen molar-refractivity contribution in [2.24, 2.45) is 0 Å². The average Bonchev–Trinajstić information content (AvgIpc) is 3.47. The third kappa shape index (κ3) is 5.02. The first-order chi connectivity index (χ1) is 17.5. The molecule has 10 nitrogen and oxygen atoms in total. The van der Waals surface area contributed by atoms with Crippen molar-refractivity contribution in [2.75, 3.05) is 0 Å². The number of furan rings is 2. The number of nitrogens with zero attached hydrogens (tertiary/aromatic N) is 4. The third-order valence-corrected chi connectivity index (χ3v) is 6.05. The van der Waals surface area contributed by atoms with Gasteiger partial charge in [-0.15, -0.1) is 0 Å². The summed E-state index contributed by atoms with van der Waals surface area (Å²) in [5.74, 6) is 0.0389. The monoisotopic (exact) mass is 570 g/mol. The number of carboxylic acids is 1. The van der Waals surface area contributed by atoms with Gasteiger partial charge in [0.2, 0.25) is 17.7 Å². The molecule has 0 saturated heterocycles. The van der Waals surface area contributed by atoms with E-state index in [-0.39, 0.29) is 29.8 Å². The number of carboxylic acid groups (broad SMARTS) is 1. The highest BCUT2D eigenvalue weighted by Gasteiger charge is 2.27. The van der Waals surface area contributed by atoms with Crippen LogP contribution in [0.4, 0.5) is 0 Å². The minimum atomic E-state index is -1.28. The summed E-state index contributed by atoms with van der Waals surface area (Å²) in [5, 5.41) is 10.5. The average molecular weight is 572 g/mol. The third-order valence-electron chi connectivity index (χ3n) is 5.09. The van der Waals surface area contributed by atoms with Crippen LogP contribution in [0.1, 0.15) is 11.3 Å². The highest BCUT2D eigenvalue weighted by molar-refractivity contribution is 9.10. The number of hydrogen-bond donors (Lipinski definition) is 1.